The Morgan fingerprint density at radius 2 is 2.00 bits per heavy atom. The number of nitro groups is 1. The summed E-state index contributed by atoms with van der Waals surface area (Å²) in [6, 6.07) is -0.424. The highest BCUT2D eigenvalue weighted by Gasteiger charge is 2.38. The molecule has 0 aromatic rings. The molecule has 1 saturated heterocycles. The summed E-state index contributed by atoms with van der Waals surface area (Å²) in [5.74, 6) is 0. The number of piperazine rings is 1. The molecule has 2 aliphatic rings. The summed E-state index contributed by atoms with van der Waals surface area (Å²) in [7, 11) is 0. The van der Waals surface area contributed by atoms with Crippen molar-refractivity contribution in [3.05, 3.63) is 10.1 Å². The third-order valence-electron chi connectivity index (χ3n) is 3.67. The summed E-state index contributed by atoms with van der Waals surface area (Å²) < 4.78 is 0. The lowest BCUT2D eigenvalue weighted by atomic mass is 9.87. The standard InChI is InChI=1S/C10H19N3O3/c14-10-7-8(13(15)16)1-2-9(10)12-5-3-11-4-6-12/h8-11,14H,1-7H2. The molecule has 0 radical (unpaired) electrons. The molecule has 3 unspecified atom stereocenters. The van der Waals surface area contributed by atoms with Crippen LogP contribution in [0.25, 0.3) is 0 Å². The summed E-state index contributed by atoms with van der Waals surface area (Å²) in [6.45, 7) is 3.76. The van der Waals surface area contributed by atoms with Crippen molar-refractivity contribution >= 4 is 0 Å². The van der Waals surface area contributed by atoms with Gasteiger partial charge in [0, 0.05) is 50.0 Å². The van der Waals surface area contributed by atoms with Crippen molar-refractivity contribution in [3.63, 3.8) is 0 Å². The van der Waals surface area contributed by atoms with E-state index in [-0.39, 0.29) is 11.0 Å². The van der Waals surface area contributed by atoms with Crippen LogP contribution in [0.15, 0.2) is 0 Å². The van der Waals surface area contributed by atoms with E-state index in [2.05, 4.69) is 10.2 Å². The minimum atomic E-state index is -0.547. The van der Waals surface area contributed by atoms with E-state index in [9.17, 15) is 15.2 Å². The average Bonchev–Trinajstić information content (AvgIpc) is 2.30. The van der Waals surface area contributed by atoms with E-state index < -0.39 is 12.1 Å². The first-order chi connectivity index (χ1) is 7.68. The number of nitrogens with one attached hydrogen (secondary N) is 1. The smallest absolute Gasteiger partial charge is 0.215 e. The molecular weight excluding hydrogens is 210 g/mol. The Morgan fingerprint density at radius 1 is 1.31 bits per heavy atom. The van der Waals surface area contributed by atoms with Gasteiger partial charge in [-0.05, 0) is 6.42 Å². The van der Waals surface area contributed by atoms with Crippen molar-refractivity contribution in [1.29, 1.82) is 0 Å². The van der Waals surface area contributed by atoms with Gasteiger partial charge in [0.2, 0.25) is 6.04 Å². The van der Waals surface area contributed by atoms with Crippen LogP contribution in [0.4, 0.5) is 0 Å². The summed E-state index contributed by atoms with van der Waals surface area (Å²) >= 11 is 0. The van der Waals surface area contributed by atoms with Crippen LogP contribution in [-0.2, 0) is 0 Å². The van der Waals surface area contributed by atoms with E-state index in [1.54, 1.807) is 0 Å². The van der Waals surface area contributed by atoms with Crippen molar-refractivity contribution in [3.8, 4) is 0 Å². The lowest BCUT2D eigenvalue weighted by Gasteiger charge is -2.40. The molecule has 0 spiro atoms. The Balaban J connectivity index is 1.90. The molecule has 3 atom stereocenters. The maximum absolute atomic E-state index is 10.7. The highest BCUT2D eigenvalue weighted by Crippen LogP contribution is 2.25. The molecule has 1 aliphatic heterocycles. The molecule has 6 nitrogen and oxygen atoms in total. The Hall–Kier alpha value is -0.720. The zero-order chi connectivity index (χ0) is 11.5. The second-order valence-corrected chi connectivity index (χ2v) is 4.67. The van der Waals surface area contributed by atoms with E-state index >= 15 is 0 Å². The minimum absolute atomic E-state index is 0.123. The average molecular weight is 229 g/mol. The van der Waals surface area contributed by atoms with Crippen LogP contribution in [0.5, 0.6) is 0 Å². The lowest BCUT2D eigenvalue weighted by Crippen LogP contribution is -2.55. The van der Waals surface area contributed by atoms with Crippen molar-refractivity contribution < 1.29 is 10.0 Å². The molecule has 6 heteroatoms. The monoisotopic (exact) mass is 229 g/mol. The first kappa shape index (κ1) is 11.8. The molecule has 0 aromatic heterocycles. The third-order valence-corrected chi connectivity index (χ3v) is 3.67. The van der Waals surface area contributed by atoms with Gasteiger partial charge in [-0.2, -0.15) is 0 Å². The summed E-state index contributed by atoms with van der Waals surface area (Å²) in [6.07, 6.45) is 1.11. The molecule has 2 rings (SSSR count). The minimum Gasteiger partial charge on any atom is -0.391 e. The van der Waals surface area contributed by atoms with Crippen LogP contribution in [0, 0.1) is 10.1 Å². The number of hydrogen-bond acceptors (Lipinski definition) is 5. The molecular formula is C10H19N3O3. The number of aliphatic hydroxyl groups is 1. The van der Waals surface area contributed by atoms with Gasteiger partial charge in [-0.3, -0.25) is 15.0 Å². The highest BCUT2D eigenvalue weighted by atomic mass is 16.6. The van der Waals surface area contributed by atoms with E-state index in [1.807, 2.05) is 0 Å². The summed E-state index contributed by atoms with van der Waals surface area (Å²) in [5, 5.41) is 23.9. The zero-order valence-electron chi connectivity index (χ0n) is 9.34. The SMILES string of the molecule is O=[N+]([O-])C1CCC(N2CCNCC2)C(O)C1. The van der Waals surface area contributed by atoms with E-state index in [1.165, 1.54) is 0 Å². The molecule has 1 heterocycles. The van der Waals surface area contributed by atoms with Crippen LogP contribution < -0.4 is 5.32 Å². The van der Waals surface area contributed by atoms with Gasteiger partial charge in [0.15, 0.2) is 0 Å². The van der Waals surface area contributed by atoms with E-state index in [4.69, 9.17) is 0 Å². The van der Waals surface area contributed by atoms with Gasteiger partial charge in [0.05, 0.1) is 6.10 Å². The normalized spacial score (nSPS) is 37.2. The highest BCUT2D eigenvalue weighted by molar-refractivity contribution is 4.88. The molecule has 92 valence electrons. The maximum atomic E-state index is 10.7. The molecule has 0 amide bonds. The largest absolute Gasteiger partial charge is 0.391 e. The number of rotatable bonds is 2. The van der Waals surface area contributed by atoms with Crippen LogP contribution >= 0.6 is 0 Å². The molecule has 1 aliphatic carbocycles. The Kier molecular flexibility index (Phi) is 3.73. The van der Waals surface area contributed by atoms with E-state index in [0.29, 0.717) is 12.8 Å². The molecule has 1 saturated carbocycles. The fourth-order valence-electron chi connectivity index (χ4n) is 2.74. The van der Waals surface area contributed by atoms with Gasteiger partial charge in [0.25, 0.3) is 0 Å². The van der Waals surface area contributed by atoms with Crippen LogP contribution in [0.2, 0.25) is 0 Å². The quantitative estimate of drug-likeness (QED) is 0.490. The molecule has 2 fully saturated rings. The maximum Gasteiger partial charge on any atom is 0.215 e. The molecule has 0 bridgehead atoms. The fraction of sp³-hybridized carbons (Fsp3) is 1.00. The van der Waals surface area contributed by atoms with Crippen LogP contribution in [-0.4, -0.2) is 59.3 Å². The first-order valence-electron chi connectivity index (χ1n) is 5.95. The lowest BCUT2D eigenvalue weighted by molar-refractivity contribution is -0.529. The molecule has 0 aromatic carbocycles. The van der Waals surface area contributed by atoms with Gasteiger partial charge in [-0.1, -0.05) is 0 Å². The van der Waals surface area contributed by atoms with Crippen molar-refractivity contribution in [2.75, 3.05) is 26.2 Å². The molecule has 2 N–H and O–H groups in total. The third kappa shape index (κ3) is 2.50. The predicted molar refractivity (Wildman–Crippen MR) is 58.9 cm³/mol. The van der Waals surface area contributed by atoms with Gasteiger partial charge in [-0.15, -0.1) is 0 Å². The number of aliphatic hydroxyl groups excluding tert-OH is 1. The zero-order valence-corrected chi connectivity index (χ0v) is 9.34. The Bertz CT molecular complexity index is 256. The van der Waals surface area contributed by atoms with Gasteiger partial charge in [-0.25, -0.2) is 0 Å². The first-order valence-corrected chi connectivity index (χ1v) is 5.95. The topological polar surface area (TPSA) is 78.6 Å². The number of hydrogen-bond donors (Lipinski definition) is 2. The number of nitrogens with zero attached hydrogens (tertiary/aromatic N) is 2. The van der Waals surface area contributed by atoms with Gasteiger partial charge >= 0.3 is 0 Å². The molecule has 16 heavy (non-hydrogen) atoms. The Morgan fingerprint density at radius 3 is 2.56 bits per heavy atom. The van der Waals surface area contributed by atoms with Gasteiger partial charge < -0.3 is 10.4 Å². The summed E-state index contributed by atoms with van der Waals surface area (Å²) in [5.41, 5.74) is 0. The van der Waals surface area contributed by atoms with Crippen LogP contribution in [0.3, 0.4) is 0 Å². The van der Waals surface area contributed by atoms with Crippen molar-refractivity contribution in [2.45, 2.75) is 37.5 Å². The second-order valence-electron chi connectivity index (χ2n) is 4.67. The second kappa shape index (κ2) is 5.07. The van der Waals surface area contributed by atoms with E-state index in [0.717, 1.165) is 32.6 Å². The predicted octanol–water partition coefficient (Wildman–Crippen LogP) is -0.550. The van der Waals surface area contributed by atoms with Crippen LogP contribution in [0.1, 0.15) is 19.3 Å². The fourth-order valence-corrected chi connectivity index (χ4v) is 2.74. The van der Waals surface area contributed by atoms with Gasteiger partial charge in [0.1, 0.15) is 0 Å². The summed E-state index contributed by atoms with van der Waals surface area (Å²) in [4.78, 5) is 12.7. The Labute approximate surface area is 94.8 Å². The van der Waals surface area contributed by atoms with Crippen molar-refractivity contribution in [2.24, 2.45) is 0 Å². The van der Waals surface area contributed by atoms with Crippen molar-refractivity contribution in [1.82, 2.24) is 10.2 Å².